The monoisotopic (exact) mass is 225 g/mol. The summed E-state index contributed by atoms with van der Waals surface area (Å²) >= 11 is 6.18. The number of halogens is 1. The highest BCUT2D eigenvalue weighted by Gasteiger charge is 2.32. The second kappa shape index (κ2) is 3.49. The fourth-order valence-electron chi connectivity index (χ4n) is 2.46. The van der Waals surface area contributed by atoms with E-state index < -0.39 is 0 Å². The molecule has 82 valence electrons. The van der Waals surface area contributed by atoms with Crippen LogP contribution in [0.4, 0.5) is 0 Å². The molecule has 4 heteroatoms. The average Bonchev–Trinajstić information content (AvgIpc) is 3.05. The standard InChI is InChI=1S/C11H16ClN3/c12-10-9-5-7(6-13)3-4-15(9)11(14-10)8-1-2-8/h7-8H,1-6,13H2. The van der Waals surface area contributed by atoms with Crippen LogP contribution in [0.5, 0.6) is 0 Å². The minimum Gasteiger partial charge on any atom is -0.330 e. The van der Waals surface area contributed by atoms with Crippen LogP contribution in [-0.2, 0) is 13.0 Å². The maximum absolute atomic E-state index is 6.18. The van der Waals surface area contributed by atoms with Gasteiger partial charge >= 0.3 is 0 Å². The summed E-state index contributed by atoms with van der Waals surface area (Å²) < 4.78 is 2.34. The van der Waals surface area contributed by atoms with Crippen molar-refractivity contribution in [2.75, 3.05) is 6.54 Å². The maximum Gasteiger partial charge on any atom is 0.150 e. The lowest BCUT2D eigenvalue weighted by atomic mass is 9.96. The first-order chi connectivity index (χ1) is 7.29. The number of aromatic nitrogens is 2. The van der Waals surface area contributed by atoms with Crippen molar-refractivity contribution < 1.29 is 0 Å². The van der Waals surface area contributed by atoms with Crippen LogP contribution in [0.2, 0.25) is 5.15 Å². The van der Waals surface area contributed by atoms with Crippen LogP contribution in [0, 0.1) is 5.92 Å². The summed E-state index contributed by atoms with van der Waals surface area (Å²) in [6, 6.07) is 0. The molecule has 1 aliphatic heterocycles. The number of nitrogens with zero attached hydrogens (tertiary/aromatic N) is 2. The van der Waals surface area contributed by atoms with Crippen LogP contribution in [0.25, 0.3) is 0 Å². The molecule has 0 aromatic carbocycles. The second-order valence-electron chi connectivity index (χ2n) is 4.73. The zero-order valence-corrected chi connectivity index (χ0v) is 9.50. The Balaban J connectivity index is 1.96. The predicted molar refractivity (Wildman–Crippen MR) is 60.1 cm³/mol. The highest BCUT2D eigenvalue weighted by Crippen LogP contribution is 2.42. The number of imidazole rings is 1. The Morgan fingerprint density at radius 1 is 1.40 bits per heavy atom. The lowest BCUT2D eigenvalue weighted by molar-refractivity contribution is 0.390. The molecule has 1 unspecified atom stereocenters. The summed E-state index contributed by atoms with van der Waals surface area (Å²) in [6.45, 7) is 1.82. The van der Waals surface area contributed by atoms with E-state index in [1.165, 1.54) is 30.8 Å². The largest absolute Gasteiger partial charge is 0.330 e. The first-order valence-electron chi connectivity index (χ1n) is 5.74. The molecule has 1 fully saturated rings. The molecule has 3 nitrogen and oxygen atoms in total. The SMILES string of the molecule is NCC1CCn2c(C3CC3)nc(Cl)c2C1. The van der Waals surface area contributed by atoms with Gasteiger partial charge in [-0.3, -0.25) is 0 Å². The summed E-state index contributed by atoms with van der Waals surface area (Å²) in [5, 5.41) is 0.718. The topological polar surface area (TPSA) is 43.8 Å². The molecule has 3 rings (SSSR count). The minimum absolute atomic E-state index is 0.596. The van der Waals surface area contributed by atoms with E-state index in [0.29, 0.717) is 11.8 Å². The zero-order chi connectivity index (χ0) is 10.4. The van der Waals surface area contributed by atoms with E-state index in [1.807, 2.05) is 0 Å². The van der Waals surface area contributed by atoms with E-state index >= 15 is 0 Å². The highest BCUT2D eigenvalue weighted by atomic mass is 35.5. The van der Waals surface area contributed by atoms with Gasteiger partial charge < -0.3 is 10.3 Å². The predicted octanol–water partition coefficient (Wildman–Crippen LogP) is 1.94. The van der Waals surface area contributed by atoms with Crippen molar-refractivity contribution in [3.63, 3.8) is 0 Å². The quantitative estimate of drug-likeness (QED) is 0.836. The van der Waals surface area contributed by atoms with E-state index in [1.54, 1.807) is 0 Å². The number of hydrogen-bond donors (Lipinski definition) is 1. The molecule has 2 aliphatic rings. The van der Waals surface area contributed by atoms with Crippen molar-refractivity contribution in [2.45, 2.75) is 38.1 Å². The van der Waals surface area contributed by atoms with Crippen molar-refractivity contribution in [2.24, 2.45) is 11.7 Å². The van der Waals surface area contributed by atoms with Crippen molar-refractivity contribution in [3.05, 3.63) is 16.7 Å². The smallest absolute Gasteiger partial charge is 0.150 e. The summed E-state index contributed by atoms with van der Waals surface area (Å²) in [4.78, 5) is 4.51. The average molecular weight is 226 g/mol. The first kappa shape index (κ1) is 9.67. The Kier molecular flexibility index (Phi) is 2.25. The first-order valence-corrected chi connectivity index (χ1v) is 6.12. The molecule has 0 radical (unpaired) electrons. The zero-order valence-electron chi connectivity index (χ0n) is 8.75. The fraction of sp³-hybridized carbons (Fsp3) is 0.727. The van der Waals surface area contributed by atoms with Gasteiger partial charge in [0.25, 0.3) is 0 Å². The van der Waals surface area contributed by atoms with Gasteiger partial charge in [-0.2, -0.15) is 0 Å². The molecule has 1 aromatic heterocycles. The lowest BCUT2D eigenvalue weighted by Crippen LogP contribution is -2.25. The van der Waals surface area contributed by atoms with Crippen molar-refractivity contribution >= 4 is 11.6 Å². The number of fused-ring (bicyclic) bond motifs is 1. The Morgan fingerprint density at radius 2 is 2.20 bits per heavy atom. The normalized spacial score (nSPS) is 25.3. The van der Waals surface area contributed by atoms with E-state index in [0.717, 1.165) is 24.7 Å². The van der Waals surface area contributed by atoms with Gasteiger partial charge in [0, 0.05) is 12.5 Å². The molecule has 2 N–H and O–H groups in total. The molecular formula is C11H16ClN3. The highest BCUT2D eigenvalue weighted by molar-refractivity contribution is 6.30. The van der Waals surface area contributed by atoms with Crippen LogP contribution >= 0.6 is 11.6 Å². The molecular weight excluding hydrogens is 210 g/mol. The van der Waals surface area contributed by atoms with Gasteiger partial charge in [0.1, 0.15) is 5.82 Å². The molecule has 1 saturated carbocycles. The maximum atomic E-state index is 6.18. The number of rotatable bonds is 2. The molecule has 1 atom stereocenters. The fourth-order valence-corrected chi connectivity index (χ4v) is 2.73. The molecule has 2 heterocycles. The Bertz CT molecular complexity index is 381. The van der Waals surface area contributed by atoms with Crippen LogP contribution in [0.3, 0.4) is 0 Å². The third kappa shape index (κ3) is 1.58. The van der Waals surface area contributed by atoms with Crippen molar-refractivity contribution in [3.8, 4) is 0 Å². The molecule has 0 spiro atoms. The van der Waals surface area contributed by atoms with Crippen LogP contribution in [-0.4, -0.2) is 16.1 Å². The van der Waals surface area contributed by atoms with Gasteiger partial charge in [-0.15, -0.1) is 0 Å². The van der Waals surface area contributed by atoms with Crippen LogP contribution in [0.1, 0.15) is 36.7 Å². The summed E-state index contributed by atoms with van der Waals surface area (Å²) in [6.07, 6.45) is 4.76. The van der Waals surface area contributed by atoms with Crippen LogP contribution in [0.15, 0.2) is 0 Å². The van der Waals surface area contributed by atoms with E-state index in [9.17, 15) is 0 Å². The Hall–Kier alpha value is -0.540. The third-order valence-electron chi connectivity index (χ3n) is 3.57. The van der Waals surface area contributed by atoms with Gasteiger partial charge in [-0.25, -0.2) is 4.98 Å². The molecule has 15 heavy (non-hydrogen) atoms. The van der Waals surface area contributed by atoms with E-state index in [2.05, 4.69) is 9.55 Å². The second-order valence-corrected chi connectivity index (χ2v) is 5.09. The van der Waals surface area contributed by atoms with Gasteiger partial charge in [0.2, 0.25) is 0 Å². The van der Waals surface area contributed by atoms with E-state index in [4.69, 9.17) is 17.3 Å². The van der Waals surface area contributed by atoms with Gasteiger partial charge in [0.15, 0.2) is 5.15 Å². The van der Waals surface area contributed by atoms with Gasteiger partial charge in [-0.1, -0.05) is 11.6 Å². The summed E-state index contributed by atoms with van der Waals surface area (Å²) in [7, 11) is 0. The lowest BCUT2D eigenvalue weighted by Gasteiger charge is -2.23. The number of nitrogens with two attached hydrogens (primary N) is 1. The summed E-state index contributed by atoms with van der Waals surface area (Å²) in [5.41, 5.74) is 6.94. The Morgan fingerprint density at radius 3 is 2.87 bits per heavy atom. The molecule has 1 aliphatic carbocycles. The van der Waals surface area contributed by atoms with Gasteiger partial charge in [-0.05, 0) is 38.1 Å². The van der Waals surface area contributed by atoms with Crippen molar-refractivity contribution in [1.29, 1.82) is 0 Å². The molecule has 1 aromatic rings. The Labute approximate surface area is 94.6 Å². The minimum atomic E-state index is 0.596. The van der Waals surface area contributed by atoms with Crippen molar-refractivity contribution in [1.82, 2.24) is 9.55 Å². The summed E-state index contributed by atoms with van der Waals surface area (Å²) in [5.74, 6) is 2.51. The van der Waals surface area contributed by atoms with E-state index in [-0.39, 0.29) is 0 Å². The molecule has 0 saturated heterocycles. The molecule has 0 amide bonds. The van der Waals surface area contributed by atoms with Crippen LogP contribution < -0.4 is 5.73 Å². The number of hydrogen-bond acceptors (Lipinski definition) is 2. The third-order valence-corrected chi connectivity index (χ3v) is 3.87. The van der Waals surface area contributed by atoms with Gasteiger partial charge in [0.05, 0.1) is 5.69 Å². The molecule has 0 bridgehead atoms.